The van der Waals surface area contributed by atoms with Crippen molar-refractivity contribution in [3.8, 4) is 17.0 Å². The minimum Gasteiger partial charge on any atom is -0.497 e. The van der Waals surface area contributed by atoms with Crippen LogP contribution >= 0.6 is 0 Å². The number of ether oxygens (including phenoxy) is 1. The first kappa shape index (κ1) is 12.4. The van der Waals surface area contributed by atoms with E-state index in [0.29, 0.717) is 12.0 Å². The number of benzene rings is 1. The van der Waals surface area contributed by atoms with Crippen LogP contribution in [-0.2, 0) is 6.42 Å². The van der Waals surface area contributed by atoms with Crippen molar-refractivity contribution < 1.29 is 4.74 Å². The predicted molar refractivity (Wildman–Crippen MR) is 71.0 cm³/mol. The summed E-state index contributed by atoms with van der Waals surface area (Å²) < 4.78 is 5.18. The Balaban J connectivity index is 2.62. The molecule has 0 spiro atoms. The lowest BCUT2D eigenvalue weighted by Crippen LogP contribution is -2.14. The fourth-order valence-electron chi connectivity index (χ4n) is 2.02. The third kappa shape index (κ3) is 2.14. The van der Waals surface area contributed by atoms with Gasteiger partial charge >= 0.3 is 0 Å². The predicted octanol–water partition coefficient (Wildman–Crippen LogP) is 2.32. The Hall–Kier alpha value is -2.10. The van der Waals surface area contributed by atoms with Crippen LogP contribution in [0, 0.1) is 6.92 Å². The van der Waals surface area contributed by atoms with E-state index in [1.165, 1.54) is 6.33 Å². The van der Waals surface area contributed by atoms with Gasteiger partial charge in [-0.1, -0.05) is 6.92 Å². The highest BCUT2D eigenvalue weighted by molar-refractivity contribution is 5.67. The van der Waals surface area contributed by atoms with Crippen LogP contribution in [0.15, 0.2) is 29.3 Å². The fraction of sp³-hybridized carbons (Fsp3) is 0.286. The Labute approximate surface area is 106 Å². The molecule has 0 bridgehead atoms. The maximum atomic E-state index is 11.8. The van der Waals surface area contributed by atoms with Gasteiger partial charge in [-0.15, -0.1) is 0 Å². The van der Waals surface area contributed by atoms with Crippen molar-refractivity contribution in [1.82, 2.24) is 9.97 Å². The highest BCUT2D eigenvalue weighted by Crippen LogP contribution is 2.26. The molecule has 0 saturated heterocycles. The lowest BCUT2D eigenvalue weighted by atomic mass is 10.0. The third-order valence-electron chi connectivity index (χ3n) is 2.99. The summed E-state index contributed by atoms with van der Waals surface area (Å²) in [6.07, 6.45) is 2.10. The van der Waals surface area contributed by atoms with Crippen LogP contribution < -0.4 is 10.3 Å². The highest BCUT2D eigenvalue weighted by atomic mass is 16.5. The van der Waals surface area contributed by atoms with Gasteiger partial charge in [-0.3, -0.25) is 4.79 Å². The number of rotatable bonds is 3. The zero-order valence-electron chi connectivity index (χ0n) is 10.8. The molecule has 0 aliphatic heterocycles. The van der Waals surface area contributed by atoms with Crippen molar-refractivity contribution in [2.24, 2.45) is 0 Å². The van der Waals surface area contributed by atoms with Crippen LogP contribution in [0.25, 0.3) is 11.3 Å². The van der Waals surface area contributed by atoms with Crippen LogP contribution in [0.4, 0.5) is 0 Å². The van der Waals surface area contributed by atoms with Gasteiger partial charge in [0.2, 0.25) is 0 Å². The number of aromatic amines is 1. The molecule has 0 atom stereocenters. The Kier molecular flexibility index (Phi) is 3.46. The number of nitrogens with zero attached hydrogens (tertiary/aromatic N) is 1. The van der Waals surface area contributed by atoms with Crippen molar-refractivity contribution in [1.29, 1.82) is 0 Å². The molecule has 0 fully saturated rings. The first-order valence-corrected chi connectivity index (χ1v) is 5.89. The average Bonchev–Trinajstić information content (AvgIpc) is 2.38. The Morgan fingerprint density at radius 2 is 2.17 bits per heavy atom. The summed E-state index contributed by atoms with van der Waals surface area (Å²) >= 11 is 0. The fourth-order valence-corrected chi connectivity index (χ4v) is 2.02. The summed E-state index contributed by atoms with van der Waals surface area (Å²) in [5.41, 5.74) is 3.41. The number of H-pyrrole nitrogens is 1. The summed E-state index contributed by atoms with van der Waals surface area (Å²) in [7, 11) is 1.64. The van der Waals surface area contributed by atoms with Gasteiger partial charge in [-0.25, -0.2) is 4.98 Å². The molecular formula is C14H16N2O2. The van der Waals surface area contributed by atoms with Gasteiger partial charge in [0, 0.05) is 11.1 Å². The lowest BCUT2D eigenvalue weighted by Gasteiger charge is -2.10. The summed E-state index contributed by atoms with van der Waals surface area (Å²) in [6.45, 7) is 3.94. The van der Waals surface area contributed by atoms with E-state index < -0.39 is 0 Å². The van der Waals surface area contributed by atoms with Crippen molar-refractivity contribution >= 4 is 0 Å². The molecule has 18 heavy (non-hydrogen) atoms. The van der Waals surface area contributed by atoms with Gasteiger partial charge in [-0.2, -0.15) is 0 Å². The molecule has 94 valence electrons. The van der Waals surface area contributed by atoms with Gasteiger partial charge in [0.15, 0.2) is 0 Å². The Morgan fingerprint density at radius 3 is 2.78 bits per heavy atom. The first-order valence-electron chi connectivity index (χ1n) is 5.89. The Morgan fingerprint density at radius 1 is 1.39 bits per heavy atom. The van der Waals surface area contributed by atoms with Gasteiger partial charge in [-0.05, 0) is 37.1 Å². The van der Waals surface area contributed by atoms with Crippen LogP contribution in [0.2, 0.25) is 0 Å². The maximum Gasteiger partial charge on any atom is 0.254 e. The summed E-state index contributed by atoms with van der Waals surface area (Å²) in [5, 5.41) is 0. The molecule has 0 radical (unpaired) electrons. The number of hydrogen-bond donors (Lipinski definition) is 1. The summed E-state index contributed by atoms with van der Waals surface area (Å²) in [5.74, 6) is 0.805. The van der Waals surface area contributed by atoms with Crippen LogP contribution in [0.3, 0.4) is 0 Å². The third-order valence-corrected chi connectivity index (χ3v) is 2.99. The number of nitrogens with one attached hydrogen (secondary N) is 1. The molecule has 0 aliphatic rings. The quantitative estimate of drug-likeness (QED) is 0.901. The zero-order chi connectivity index (χ0) is 13.1. The average molecular weight is 244 g/mol. The SMILES string of the molecule is CCc1c(-c2ccc(OC)cc2C)nc[nH]c1=O. The van der Waals surface area contributed by atoms with Crippen LogP contribution in [0.1, 0.15) is 18.1 Å². The maximum absolute atomic E-state index is 11.8. The van der Waals surface area contributed by atoms with E-state index in [4.69, 9.17) is 4.74 Å². The largest absolute Gasteiger partial charge is 0.497 e. The number of hydrogen-bond acceptors (Lipinski definition) is 3. The molecule has 2 aromatic rings. The molecule has 1 aromatic carbocycles. The van der Waals surface area contributed by atoms with E-state index in [2.05, 4.69) is 9.97 Å². The molecule has 2 rings (SSSR count). The van der Waals surface area contributed by atoms with Crippen LogP contribution in [0.5, 0.6) is 5.75 Å². The zero-order valence-corrected chi connectivity index (χ0v) is 10.8. The number of methoxy groups -OCH3 is 1. The van der Waals surface area contributed by atoms with Crippen molar-refractivity contribution in [3.63, 3.8) is 0 Å². The topological polar surface area (TPSA) is 55.0 Å². The van der Waals surface area contributed by atoms with E-state index in [1.807, 2.05) is 32.0 Å². The van der Waals surface area contributed by atoms with Gasteiger partial charge in [0.05, 0.1) is 19.1 Å². The monoisotopic (exact) mass is 244 g/mol. The lowest BCUT2D eigenvalue weighted by molar-refractivity contribution is 0.414. The second-order valence-electron chi connectivity index (χ2n) is 4.09. The smallest absolute Gasteiger partial charge is 0.254 e. The molecule has 1 heterocycles. The van der Waals surface area contributed by atoms with Crippen molar-refractivity contribution in [2.45, 2.75) is 20.3 Å². The van der Waals surface area contributed by atoms with E-state index in [-0.39, 0.29) is 5.56 Å². The van der Waals surface area contributed by atoms with Crippen molar-refractivity contribution in [2.75, 3.05) is 7.11 Å². The van der Waals surface area contributed by atoms with Crippen LogP contribution in [-0.4, -0.2) is 17.1 Å². The van der Waals surface area contributed by atoms with E-state index in [0.717, 1.165) is 22.6 Å². The van der Waals surface area contributed by atoms with Gasteiger partial charge < -0.3 is 9.72 Å². The van der Waals surface area contributed by atoms with Gasteiger partial charge in [0.1, 0.15) is 5.75 Å². The number of aromatic nitrogens is 2. The molecule has 1 N–H and O–H groups in total. The standard InChI is InChI=1S/C14H16N2O2/c1-4-11-13(15-8-16-14(11)17)12-6-5-10(18-3)7-9(12)2/h5-8H,4H2,1-3H3,(H,15,16,17). The number of aryl methyl sites for hydroxylation is 1. The van der Waals surface area contributed by atoms with Gasteiger partial charge in [0.25, 0.3) is 5.56 Å². The van der Waals surface area contributed by atoms with Crippen molar-refractivity contribution in [3.05, 3.63) is 46.0 Å². The normalized spacial score (nSPS) is 10.4. The molecule has 4 heteroatoms. The molecule has 0 aliphatic carbocycles. The van der Waals surface area contributed by atoms with E-state index in [9.17, 15) is 4.79 Å². The second kappa shape index (κ2) is 5.04. The highest BCUT2D eigenvalue weighted by Gasteiger charge is 2.11. The molecule has 1 aromatic heterocycles. The Bertz CT molecular complexity index is 617. The first-order chi connectivity index (χ1) is 8.67. The molecule has 0 amide bonds. The second-order valence-corrected chi connectivity index (χ2v) is 4.09. The van der Waals surface area contributed by atoms with E-state index >= 15 is 0 Å². The molecular weight excluding hydrogens is 228 g/mol. The molecule has 0 unspecified atom stereocenters. The molecule has 0 saturated carbocycles. The summed E-state index contributed by atoms with van der Waals surface area (Å²) in [6, 6.07) is 5.76. The summed E-state index contributed by atoms with van der Waals surface area (Å²) in [4.78, 5) is 18.7. The molecule has 4 nitrogen and oxygen atoms in total. The minimum absolute atomic E-state index is 0.0716. The van der Waals surface area contributed by atoms with E-state index in [1.54, 1.807) is 7.11 Å². The minimum atomic E-state index is -0.0716.